The van der Waals surface area contributed by atoms with E-state index in [0.29, 0.717) is 18.8 Å². The molecule has 2 rings (SSSR count). The summed E-state index contributed by atoms with van der Waals surface area (Å²) in [7, 11) is 1.45. The first kappa shape index (κ1) is 17.0. The summed E-state index contributed by atoms with van der Waals surface area (Å²) in [4.78, 5) is 11.0. The van der Waals surface area contributed by atoms with Crippen LogP contribution in [0, 0.1) is 0 Å². The molecule has 20 heavy (non-hydrogen) atoms. The Morgan fingerprint density at radius 2 is 2.05 bits per heavy atom. The smallest absolute Gasteiger partial charge is 0.545 e. The van der Waals surface area contributed by atoms with Crippen LogP contribution in [0.5, 0.6) is 5.75 Å². The van der Waals surface area contributed by atoms with E-state index >= 15 is 0 Å². The Balaban J connectivity index is 0.00000200. The van der Waals surface area contributed by atoms with Gasteiger partial charge in [0.15, 0.2) is 12.6 Å². The van der Waals surface area contributed by atoms with Gasteiger partial charge in [0.05, 0.1) is 19.2 Å². The van der Waals surface area contributed by atoms with Gasteiger partial charge in [0, 0.05) is 18.2 Å². The molecule has 0 N–H and O–H groups in total. The maximum absolute atomic E-state index is 11.0. The molecular weight excluding hydrogens is 259 g/mol. The predicted molar refractivity (Wildman–Crippen MR) is 62.5 cm³/mol. The van der Waals surface area contributed by atoms with Crippen LogP contribution < -0.4 is 28.7 Å². The zero-order valence-electron chi connectivity index (χ0n) is 11.8. The number of benzene rings is 1. The monoisotopic (exact) mass is 274 g/mol. The van der Waals surface area contributed by atoms with E-state index in [1.807, 2.05) is 0 Å². The Morgan fingerprint density at radius 1 is 1.40 bits per heavy atom. The standard InChI is InChI=1S/C13H16O6.Li/c1-13(18-5-6-19-13)9-3-4-10(12(14)15)11(7-9)17-8-16-2;/h3-4,7H,5-6,8H2,1-2H3,(H,14,15);/q;+1/p-1. The Morgan fingerprint density at radius 3 is 2.60 bits per heavy atom. The summed E-state index contributed by atoms with van der Waals surface area (Å²) < 4.78 is 21.0. The number of carboxylic acids is 1. The van der Waals surface area contributed by atoms with Crippen molar-refractivity contribution in [2.75, 3.05) is 27.1 Å². The number of methoxy groups -OCH3 is 1. The average Bonchev–Trinajstić information content (AvgIpc) is 2.84. The Kier molecular flexibility index (Phi) is 6.05. The number of hydrogen-bond donors (Lipinski definition) is 0. The van der Waals surface area contributed by atoms with E-state index in [4.69, 9.17) is 18.9 Å². The zero-order chi connectivity index (χ0) is 13.9. The molecule has 1 aliphatic heterocycles. The molecular formula is C13H15LiO6. The number of aromatic carboxylic acids is 1. The zero-order valence-corrected chi connectivity index (χ0v) is 11.8. The van der Waals surface area contributed by atoms with Crippen LogP contribution in [0.25, 0.3) is 0 Å². The maximum Gasteiger partial charge on any atom is 1.00 e. The molecule has 0 aromatic heterocycles. The first-order valence-corrected chi connectivity index (χ1v) is 5.82. The van der Waals surface area contributed by atoms with Gasteiger partial charge in [-0.2, -0.15) is 0 Å². The molecule has 1 aromatic carbocycles. The van der Waals surface area contributed by atoms with Gasteiger partial charge in [0.2, 0.25) is 0 Å². The van der Waals surface area contributed by atoms with Gasteiger partial charge in [-0.3, -0.25) is 0 Å². The molecule has 1 aliphatic rings. The van der Waals surface area contributed by atoms with Crippen LogP contribution >= 0.6 is 0 Å². The molecule has 1 fully saturated rings. The number of carbonyl (C=O) groups excluding carboxylic acids is 1. The normalized spacial score (nSPS) is 16.5. The molecule has 0 amide bonds. The van der Waals surface area contributed by atoms with Gasteiger partial charge in [-0.05, 0) is 19.1 Å². The third kappa shape index (κ3) is 3.54. The average molecular weight is 274 g/mol. The van der Waals surface area contributed by atoms with E-state index < -0.39 is 11.8 Å². The van der Waals surface area contributed by atoms with Crippen molar-refractivity contribution in [1.82, 2.24) is 0 Å². The quantitative estimate of drug-likeness (QED) is 0.428. The summed E-state index contributed by atoms with van der Waals surface area (Å²) in [6.45, 7) is 2.70. The minimum absolute atomic E-state index is 0. The molecule has 0 radical (unpaired) electrons. The van der Waals surface area contributed by atoms with Crippen molar-refractivity contribution in [2.45, 2.75) is 12.7 Å². The van der Waals surface area contributed by atoms with Gasteiger partial charge in [-0.25, -0.2) is 0 Å². The van der Waals surface area contributed by atoms with Gasteiger partial charge < -0.3 is 28.8 Å². The van der Waals surface area contributed by atoms with Crippen molar-refractivity contribution in [1.29, 1.82) is 0 Å². The van der Waals surface area contributed by atoms with Crippen molar-refractivity contribution in [3.05, 3.63) is 29.3 Å². The summed E-state index contributed by atoms with van der Waals surface area (Å²) in [5, 5.41) is 11.0. The first-order chi connectivity index (χ1) is 9.07. The number of carboxylic acid groups (broad SMARTS) is 1. The van der Waals surface area contributed by atoms with Crippen LogP contribution in [0.15, 0.2) is 18.2 Å². The van der Waals surface area contributed by atoms with Crippen molar-refractivity contribution >= 4 is 5.97 Å². The molecule has 6 nitrogen and oxygen atoms in total. The van der Waals surface area contributed by atoms with E-state index in [1.54, 1.807) is 19.1 Å². The topological polar surface area (TPSA) is 77.0 Å². The fourth-order valence-corrected chi connectivity index (χ4v) is 1.90. The number of carbonyl (C=O) groups is 1. The number of hydrogen-bond acceptors (Lipinski definition) is 6. The molecule has 0 saturated carbocycles. The van der Waals surface area contributed by atoms with Gasteiger partial charge in [0.1, 0.15) is 5.75 Å². The van der Waals surface area contributed by atoms with Crippen LogP contribution in [0.2, 0.25) is 0 Å². The summed E-state index contributed by atoms with van der Waals surface area (Å²) in [6, 6.07) is 4.59. The molecule has 104 valence electrons. The second-order valence-electron chi connectivity index (χ2n) is 4.19. The van der Waals surface area contributed by atoms with E-state index in [9.17, 15) is 9.90 Å². The van der Waals surface area contributed by atoms with E-state index in [0.717, 1.165) is 0 Å². The van der Waals surface area contributed by atoms with E-state index in [-0.39, 0.29) is 37.0 Å². The minimum Gasteiger partial charge on any atom is -0.545 e. The van der Waals surface area contributed by atoms with E-state index in [2.05, 4.69) is 0 Å². The van der Waals surface area contributed by atoms with Gasteiger partial charge >= 0.3 is 18.9 Å². The Labute approximate surface area is 129 Å². The van der Waals surface area contributed by atoms with Crippen molar-refractivity contribution in [2.24, 2.45) is 0 Å². The van der Waals surface area contributed by atoms with Gasteiger partial charge in [0.25, 0.3) is 0 Å². The molecule has 7 heteroatoms. The molecule has 0 unspecified atom stereocenters. The van der Waals surface area contributed by atoms with Gasteiger partial charge in [-0.1, -0.05) is 6.07 Å². The molecule has 0 aliphatic carbocycles. The van der Waals surface area contributed by atoms with E-state index in [1.165, 1.54) is 13.2 Å². The van der Waals surface area contributed by atoms with Crippen molar-refractivity contribution in [3.8, 4) is 5.75 Å². The third-order valence-electron chi connectivity index (χ3n) is 2.90. The summed E-state index contributed by atoms with van der Waals surface area (Å²) in [5.74, 6) is -2.02. The maximum atomic E-state index is 11.0. The van der Waals surface area contributed by atoms with Crippen LogP contribution in [-0.4, -0.2) is 33.1 Å². The van der Waals surface area contributed by atoms with Crippen LogP contribution in [0.1, 0.15) is 22.8 Å². The summed E-state index contributed by atoms with van der Waals surface area (Å²) in [5.41, 5.74) is 0.642. The van der Waals surface area contributed by atoms with Crippen molar-refractivity contribution in [3.63, 3.8) is 0 Å². The molecule has 0 spiro atoms. The Hall–Kier alpha value is -1.03. The molecule has 1 heterocycles. The third-order valence-corrected chi connectivity index (χ3v) is 2.90. The summed E-state index contributed by atoms with van der Waals surface area (Å²) >= 11 is 0. The van der Waals surface area contributed by atoms with Crippen molar-refractivity contribution < 1.29 is 47.7 Å². The van der Waals surface area contributed by atoms with Crippen LogP contribution in [-0.2, 0) is 20.0 Å². The first-order valence-electron chi connectivity index (χ1n) is 5.82. The largest absolute Gasteiger partial charge is 1.00 e. The predicted octanol–water partition coefficient (Wildman–Crippen LogP) is -2.74. The number of rotatable bonds is 5. The summed E-state index contributed by atoms with van der Waals surface area (Å²) in [6.07, 6.45) is 0. The van der Waals surface area contributed by atoms with Gasteiger partial charge in [-0.15, -0.1) is 0 Å². The molecule has 1 aromatic rings. The Bertz CT molecular complexity index is 470. The fourth-order valence-electron chi connectivity index (χ4n) is 1.90. The fraction of sp³-hybridized carbons (Fsp3) is 0.462. The van der Waals surface area contributed by atoms with Crippen LogP contribution in [0.3, 0.4) is 0 Å². The number of ether oxygens (including phenoxy) is 4. The molecule has 1 saturated heterocycles. The SMILES string of the molecule is COCOc1cc(C2(C)OCCO2)ccc1C(=O)[O-].[Li+]. The second kappa shape index (κ2) is 7.11. The molecule has 0 bridgehead atoms. The minimum atomic E-state index is -1.31. The molecule has 0 atom stereocenters. The second-order valence-corrected chi connectivity index (χ2v) is 4.19. The van der Waals surface area contributed by atoms with Crippen LogP contribution in [0.4, 0.5) is 0 Å².